The molecule has 1 aromatic heterocycles. The van der Waals surface area contributed by atoms with Gasteiger partial charge in [0, 0.05) is 55.5 Å². The Bertz CT molecular complexity index is 970. The predicted molar refractivity (Wildman–Crippen MR) is 115 cm³/mol. The first-order chi connectivity index (χ1) is 13.6. The normalized spacial score (nSPS) is 15.1. The number of fused-ring (bicyclic) bond motifs is 1. The number of hydrogen-bond acceptors (Lipinski definition) is 2. The van der Waals surface area contributed by atoms with Gasteiger partial charge in [-0.05, 0) is 43.5 Å². The first kappa shape index (κ1) is 18.6. The zero-order valence-electron chi connectivity index (χ0n) is 16.7. The highest BCUT2D eigenvalue weighted by Gasteiger charge is 2.21. The zero-order chi connectivity index (χ0) is 19.5. The summed E-state index contributed by atoms with van der Waals surface area (Å²) in [5, 5.41) is 4.37. The van der Waals surface area contributed by atoms with Gasteiger partial charge in [-0.2, -0.15) is 0 Å². The van der Waals surface area contributed by atoms with Gasteiger partial charge in [0.15, 0.2) is 0 Å². The topological polar surface area (TPSA) is 51.4 Å². The minimum atomic E-state index is 0.00299. The van der Waals surface area contributed by atoms with Gasteiger partial charge in [-0.1, -0.05) is 35.9 Å². The molecule has 0 bridgehead atoms. The van der Waals surface area contributed by atoms with Gasteiger partial charge >= 0.3 is 6.03 Å². The summed E-state index contributed by atoms with van der Waals surface area (Å²) in [5.41, 5.74) is 5.78. The van der Waals surface area contributed by atoms with Gasteiger partial charge in [0.05, 0.1) is 0 Å². The van der Waals surface area contributed by atoms with Crippen LogP contribution in [0.5, 0.6) is 0 Å². The molecule has 2 aromatic carbocycles. The molecule has 2 heterocycles. The van der Waals surface area contributed by atoms with Gasteiger partial charge in [-0.15, -0.1) is 0 Å². The fraction of sp³-hybridized carbons (Fsp3) is 0.348. The standard InChI is InChI=1S/C23H28N4O/c1-17-7-8-21(18(2)15-17)25-23(28)27-13-11-26(12-14-27)10-9-19-16-24-22-6-4-3-5-20(19)22/h3-8,15-16,24H,9-14H2,1-2H3,(H,25,28). The number of rotatable bonds is 4. The van der Waals surface area contributed by atoms with Crippen molar-refractivity contribution >= 4 is 22.6 Å². The smallest absolute Gasteiger partial charge is 0.321 e. The summed E-state index contributed by atoms with van der Waals surface area (Å²) in [7, 11) is 0. The minimum absolute atomic E-state index is 0.00299. The number of anilines is 1. The highest BCUT2D eigenvalue weighted by atomic mass is 16.2. The number of aromatic amines is 1. The third kappa shape index (κ3) is 4.04. The van der Waals surface area contributed by atoms with E-state index in [-0.39, 0.29) is 6.03 Å². The number of H-pyrrole nitrogens is 1. The highest BCUT2D eigenvalue weighted by molar-refractivity contribution is 5.90. The number of amides is 2. The van der Waals surface area contributed by atoms with Gasteiger partial charge < -0.3 is 15.2 Å². The van der Waals surface area contributed by atoms with E-state index in [0.29, 0.717) is 0 Å². The molecule has 0 aliphatic carbocycles. The summed E-state index contributed by atoms with van der Waals surface area (Å²) in [5.74, 6) is 0. The van der Waals surface area contributed by atoms with Crippen LogP contribution in [0.15, 0.2) is 48.7 Å². The van der Waals surface area contributed by atoms with Crippen molar-refractivity contribution in [2.45, 2.75) is 20.3 Å². The molecule has 0 atom stereocenters. The van der Waals surface area contributed by atoms with Crippen LogP contribution in [-0.4, -0.2) is 53.5 Å². The van der Waals surface area contributed by atoms with Gasteiger partial charge in [-0.25, -0.2) is 4.79 Å². The monoisotopic (exact) mass is 376 g/mol. The number of nitrogens with one attached hydrogen (secondary N) is 2. The van der Waals surface area contributed by atoms with Crippen molar-refractivity contribution in [3.8, 4) is 0 Å². The van der Waals surface area contributed by atoms with E-state index < -0.39 is 0 Å². The summed E-state index contributed by atoms with van der Waals surface area (Å²) in [4.78, 5) is 20.3. The second-order valence-electron chi connectivity index (χ2n) is 7.69. The van der Waals surface area contributed by atoms with E-state index in [4.69, 9.17) is 0 Å². The number of aryl methyl sites for hydroxylation is 2. The maximum absolute atomic E-state index is 12.6. The third-order valence-corrected chi connectivity index (χ3v) is 5.66. The summed E-state index contributed by atoms with van der Waals surface area (Å²) in [6.45, 7) is 8.49. The van der Waals surface area contributed by atoms with Crippen LogP contribution >= 0.6 is 0 Å². The number of para-hydroxylation sites is 1. The summed E-state index contributed by atoms with van der Waals surface area (Å²) >= 11 is 0. The van der Waals surface area contributed by atoms with E-state index in [1.807, 2.05) is 24.0 Å². The number of urea groups is 1. The molecule has 1 saturated heterocycles. The molecule has 0 radical (unpaired) electrons. The van der Waals surface area contributed by atoms with E-state index in [1.165, 1.54) is 22.0 Å². The van der Waals surface area contributed by atoms with E-state index in [2.05, 4.69) is 58.7 Å². The van der Waals surface area contributed by atoms with E-state index in [1.54, 1.807) is 0 Å². The van der Waals surface area contributed by atoms with Crippen LogP contribution in [0.4, 0.5) is 10.5 Å². The van der Waals surface area contributed by atoms with Crippen LogP contribution in [0.1, 0.15) is 16.7 Å². The van der Waals surface area contributed by atoms with Gasteiger partial charge in [-0.3, -0.25) is 4.90 Å². The van der Waals surface area contributed by atoms with E-state index >= 15 is 0 Å². The first-order valence-corrected chi connectivity index (χ1v) is 10.0. The molecule has 5 nitrogen and oxygen atoms in total. The maximum Gasteiger partial charge on any atom is 0.321 e. The Labute approximate surface area is 166 Å². The zero-order valence-corrected chi connectivity index (χ0v) is 16.7. The van der Waals surface area contributed by atoms with E-state index in [9.17, 15) is 4.79 Å². The quantitative estimate of drug-likeness (QED) is 0.718. The molecule has 146 valence electrons. The average Bonchev–Trinajstić information content (AvgIpc) is 3.12. The van der Waals surface area contributed by atoms with Crippen LogP contribution in [0, 0.1) is 13.8 Å². The van der Waals surface area contributed by atoms with Crippen molar-refractivity contribution in [3.05, 3.63) is 65.4 Å². The number of hydrogen-bond donors (Lipinski definition) is 2. The first-order valence-electron chi connectivity index (χ1n) is 10.0. The summed E-state index contributed by atoms with van der Waals surface area (Å²) in [6, 6.07) is 14.6. The second kappa shape index (κ2) is 8.07. The Morgan fingerprint density at radius 2 is 1.86 bits per heavy atom. The molecular weight excluding hydrogens is 348 g/mol. The van der Waals surface area contributed by atoms with Gasteiger partial charge in [0.1, 0.15) is 0 Å². The molecule has 0 saturated carbocycles. The second-order valence-corrected chi connectivity index (χ2v) is 7.69. The van der Waals surface area contributed by atoms with Crippen LogP contribution in [-0.2, 0) is 6.42 Å². The van der Waals surface area contributed by atoms with Crippen LogP contribution < -0.4 is 5.32 Å². The van der Waals surface area contributed by atoms with Crippen LogP contribution in [0.25, 0.3) is 10.9 Å². The fourth-order valence-electron chi connectivity index (χ4n) is 3.94. The number of aromatic nitrogens is 1. The molecule has 2 amide bonds. The Morgan fingerprint density at radius 1 is 1.07 bits per heavy atom. The molecule has 4 rings (SSSR count). The van der Waals surface area contributed by atoms with Crippen molar-refractivity contribution < 1.29 is 4.79 Å². The van der Waals surface area contributed by atoms with Gasteiger partial charge in [0.2, 0.25) is 0 Å². The Kier molecular flexibility index (Phi) is 5.35. The van der Waals surface area contributed by atoms with Gasteiger partial charge in [0.25, 0.3) is 0 Å². The molecule has 0 unspecified atom stereocenters. The molecule has 0 spiro atoms. The maximum atomic E-state index is 12.6. The lowest BCUT2D eigenvalue weighted by Crippen LogP contribution is -2.50. The number of nitrogens with zero attached hydrogens (tertiary/aromatic N) is 2. The van der Waals surface area contributed by atoms with Crippen molar-refractivity contribution in [1.82, 2.24) is 14.8 Å². The highest BCUT2D eigenvalue weighted by Crippen LogP contribution is 2.19. The Balaban J connectivity index is 1.27. The molecule has 5 heteroatoms. The summed E-state index contributed by atoms with van der Waals surface area (Å²) < 4.78 is 0. The lowest BCUT2D eigenvalue weighted by Gasteiger charge is -2.34. The predicted octanol–water partition coefficient (Wildman–Crippen LogP) is 4.18. The number of piperazine rings is 1. The molecule has 1 fully saturated rings. The molecule has 3 aromatic rings. The SMILES string of the molecule is Cc1ccc(NC(=O)N2CCN(CCc3c[nH]c4ccccc34)CC2)c(C)c1. The number of carbonyl (C=O) groups excluding carboxylic acids is 1. The molecular formula is C23H28N4O. The van der Waals surface area contributed by atoms with Crippen molar-refractivity contribution in [2.75, 3.05) is 38.0 Å². The largest absolute Gasteiger partial charge is 0.361 e. The summed E-state index contributed by atoms with van der Waals surface area (Å²) in [6.07, 6.45) is 3.15. The lowest BCUT2D eigenvalue weighted by atomic mass is 10.1. The molecule has 28 heavy (non-hydrogen) atoms. The minimum Gasteiger partial charge on any atom is -0.361 e. The number of carbonyl (C=O) groups is 1. The fourth-order valence-corrected chi connectivity index (χ4v) is 3.94. The Morgan fingerprint density at radius 3 is 2.64 bits per heavy atom. The van der Waals surface area contributed by atoms with E-state index in [0.717, 1.165) is 50.4 Å². The molecule has 1 aliphatic rings. The third-order valence-electron chi connectivity index (χ3n) is 5.66. The van der Waals surface area contributed by atoms with Crippen LogP contribution in [0.2, 0.25) is 0 Å². The van der Waals surface area contributed by atoms with Crippen molar-refractivity contribution in [2.24, 2.45) is 0 Å². The average molecular weight is 377 g/mol. The Hall–Kier alpha value is -2.79. The molecule has 2 N–H and O–H groups in total. The molecule has 1 aliphatic heterocycles. The van der Waals surface area contributed by atoms with Crippen molar-refractivity contribution in [3.63, 3.8) is 0 Å². The van der Waals surface area contributed by atoms with Crippen molar-refractivity contribution in [1.29, 1.82) is 0 Å². The number of benzene rings is 2. The lowest BCUT2D eigenvalue weighted by molar-refractivity contribution is 0.148. The van der Waals surface area contributed by atoms with Crippen LogP contribution in [0.3, 0.4) is 0 Å².